The van der Waals surface area contributed by atoms with Crippen molar-refractivity contribution in [1.29, 1.82) is 0 Å². The van der Waals surface area contributed by atoms with E-state index in [9.17, 15) is 0 Å². The van der Waals surface area contributed by atoms with Crippen LogP contribution < -0.4 is 4.90 Å². The Bertz CT molecular complexity index is 2780. The molecular formula is C49H31N. The fourth-order valence-electron chi connectivity index (χ4n) is 9.26. The number of anilines is 3. The van der Waals surface area contributed by atoms with E-state index in [0.717, 1.165) is 17.1 Å². The summed E-state index contributed by atoms with van der Waals surface area (Å²) < 4.78 is 0. The number of fused-ring (bicyclic) bond motifs is 16. The first-order valence-electron chi connectivity index (χ1n) is 17.4. The number of benzene rings is 9. The zero-order chi connectivity index (χ0) is 32.8. The number of rotatable bonds is 3. The maximum absolute atomic E-state index is 2.55. The first kappa shape index (κ1) is 27.5. The van der Waals surface area contributed by atoms with E-state index < -0.39 is 5.41 Å². The first-order valence-corrected chi connectivity index (χ1v) is 17.4. The summed E-state index contributed by atoms with van der Waals surface area (Å²) in [6.45, 7) is 0. The van der Waals surface area contributed by atoms with Gasteiger partial charge in [-0.1, -0.05) is 140 Å². The predicted molar refractivity (Wildman–Crippen MR) is 210 cm³/mol. The van der Waals surface area contributed by atoms with Gasteiger partial charge in [0.2, 0.25) is 0 Å². The third-order valence-corrected chi connectivity index (χ3v) is 11.2. The molecule has 0 aliphatic heterocycles. The lowest BCUT2D eigenvalue weighted by Crippen LogP contribution is -2.26. The van der Waals surface area contributed by atoms with Crippen LogP contribution in [0.25, 0.3) is 54.6 Å². The van der Waals surface area contributed by atoms with Crippen LogP contribution in [0.1, 0.15) is 22.3 Å². The lowest BCUT2D eigenvalue weighted by Gasteiger charge is -2.32. The second kappa shape index (κ2) is 10.3. The van der Waals surface area contributed by atoms with E-state index in [1.54, 1.807) is 0 Å². The Morgan fingerprint density at radius 3 is 1.26 bits per heavy atom. The van der Waals surface area contributed by atoms with Crippen molar-refractivity contribution in [2.45, 2.75) is 5.41 Å². The minimum Gasteiger partial charge on any atom is -0.310 e. The number of hydrogen-bond acceptors (Lipinski definition) is 1. The van der Waals surface area contributed by atoms with Crippen LogP contribution in [0, 0.1) is 0 Å². The fraction of sp³-hybridized carbons (Fsp3) is 0.0204. The third kappa shape index (κ3) is 3.56. The minimum absolute atomic E-state index is 0.464. The van der Waals surface area contributed by atoms with Crippen molar-refractivity contribution in [3.8, 4) is 22.3 Å². The molecule has 232 valence electrons. The van der Waals surface area contributed by atoms with Crippen molar-refractivity contribution in [1.82, 2.24) is 0 Å². The van der Waals surface area contributed by atoms with Gasteiger partial charge in [0.25, 0.3) is 0 Å². The Morgan fingerprint density at radius 1 is 0.260 bits per heavy atom. The molecule has 0 fully saturated rings. The maximum Gasteiger partial charge on any atom is 0.0726 e. The molecule has 50 heavy (non-hydrogen) atoms. The van der Waals surface area contributed by atoms with E-state index in [1.807, 2.05) is 0 Å². The summed E-state index contributed by atoms with van der Waals surface area (Å²) in [5.74, 6) is 0. The molecule has 0 N–H and O–H groups in total. The molecule has 0 saturated carbocycles. The zero-order valence-corrected chi connectivity index (χ0v) is 27.3. The van der Waals surface area contributed by atoms with Gasteiger partial charge < -0.3 is 4.90 Å². The molecule has 1 nitrogen and oxygen atoms in total. The summed E-state index contributed by atoms with van der Waals surface area (Å²) in [6, 6.07) is 69.7. The van der Waals surface area contributed by atoms with Gasteiger partial charge in [-0.25, -0.2) is 0 Å². The molecule has 1 heteroatoms. The van der Waals surface area contributed by atoms with Gasteiger partial charge in [0, 0.05) is 17.1 Å². The monoisotopic (exact) mass is 633 g/mol. The Kier molecular flexibility index (Phi) is 5.66. The molecule has 0 aromatic heterocycles. The molecule has 9 aromatic carbocycles. The zero-order valence-electron chi connectivity index (χ0n) is 27.3. The molecule has 0 bridgehead atoms. The Labute approximate surface area is 291 Å². The molecule has 0 heterocycles. The molecule has 1 atom stereocenters. The minimum atomic E-state index is -0.464. The van der Waals surface area contributed by atoms with Gasteiger partial charge in [-0.2, -0.15) is 0 Å². The van der Waals surface area contributed by atoms with Crippen molar-refractivity contribution in [2.75, 3.05) is 4.90 Å². The van der Waals surface area contributed by atoms with Crippen LogP contribution >= 0.6 is 0 Å². The summed E-state index contributed by atoms with van der Waals surface area (Å²) in [4.78, 5) is 2.39. The van der Waals surface area contributed by atoms with E-state index >= 15 is 0 Å². The highest BCUT2D eigenvalue weighted by Crippen LogP contribution is 2.64. The van der Waals surface area contributed by atoms with Gasteiger partial charge in [-0.05, 0) is 125 Å². The van der Waals surface area contributed by atoms with E-state index in [-0.39, 0.29) is 0 Å². The fourth-order valence-corrected chi connectivity index (χ4v) is 9.26. The highest BCUT2D eigenvalue weighted by Gasteiger charge is 2.52. The van der Waals surface area contributed by atoms with Crippen LogP contribution in [-0.4, -0.2) is 0 Å². The molecule has 0 amide bonds. The van der Waals surface area contributed by atoms with Gasteiger partial charge in [0.1, 0.15) is 0 Å². The Morgan fingerprint density at radius 2 is 0.680 bits per heavy atom. The predicted octanol–water partition coefficient (Wildman–Crippen LogP) is 13.0. The largest absolute Gasteiger partial charge is 0.310 e. The Balaban J connectivity index is 1.27. The van der Waals surface area contributed by atoms with Crippen LogP contribution in [0.15, 0.2) is 188 Å². The van der Waals surface area contributed by atoms with Crippen molar-refractivity contribution in [2.24, 2.45) is 0 Å². The van der Waals surface area contributed by atoms with Crippen LogP contribution in [-0.2, 0) is 5.41 Å². The lowest BCUT2D eigenvalue weighted by molar-refractivity contribution is 0.795. The molecule has 11 rings (SSSR count). The van der Waals surface area contributed by atoms with Gasteiger partial charge in [0.05, 0.1) is 5.41 Å². The number of hydrogen-bond donors (Lipinski definition) is 0. The molecule has 9 aromatic rings. The molecule has 0 radical (unpaired) electrons. The topological polar surface area (TPSA) is 3.24 Å². The van der Waals surface area contributed by atoms with Crippen LogP contribution in [0.4, 0.5) is 17.1 Å². The Hall–Kier alpha value is -6.44. The van der Waals surface area contributed by atoms with Gasteiger partial charge in [0.15, 0.2) is 0 Å². The van der Waals surface area contributed by atoms with Crippen LogP contribution in [0.2, 0.25) is 0 Å². The highest BCUT2D eigenvalue weighted by molar-refractivity contribution is 6.26. The third-order valence-electron chi connectivity index (χ3n) is 11.2. The summed E-state index contributed by atoms with van der Waals surface area (Å²) in [5.41, 5.74) is 13.6. The van der Waals surface area contributed by atoms with Crippen molar-refractivity contribution in [3.63, 3.8) is 0 Å². The number of nitrogens with zero attached hydrogens (tertiary/aromatic N) is 1. The van der Waals surface area contributed by atoms with Gasteiger partial charge in [-0.3, -0.25) is 0 Å². The molecule has 2 aliphatic carbocycles. The maximum atomic E-state index is 2.55. The van der Waals surface area contributed by atoms with Crippen molar-refractivity contribution >= 4 is 49.4 Å². The average molecular weight is 634 g/mol. The number of para-hydroxylation sites is 2. The van der Waals surface area contributed by atoms with E-state index in [1.165, 1.54) is 76.8 Å². The van der Waals surface area contributed by atoms with Crippen LogP contribution in [0.3, 0.4) is 0 Å². The summed E-state index contributed by atoms with van der Waals surface area (Å²) in [7, 11) is 0. The molecule has 1 unspecified atom stereocenters. The smallest absolute Gasteiger partial charge is 0.0726 e. The standard InChI is InChI=1S/C49H31N/c1-3-15-32(16-4-1)50(33-17-5-2-6-18-33)34-27-28-41-39-23-11-13-25-45(39)49(47(41)29-34)46-26-14-12-24-40(46)44-30-42-37-21-9-7-19-35(37)36-20-8-10-22-38(36)43(42)31-48(44)49/h1-31H. The van der Waals surface area contributed by atoms with Gasteiger partial charge >= 0.3 is 0 Å². The lowest BCUT2D eigenvalue weighted by atomic mass is 9.70. The molecule has 0 saturated heterocycles. The normalized spacial score (nSPS) is 15.3. The van der Waals surface area contributed by atoms with E-state index in [0.29, 0.717) is 0 Å². The SMILES string of the molecule is c1ccc(N(c2ccccc2)c2ccc3c(c2)C2(c4ccccc4-3)c3ccccc3-c3cc4c5ccccc5c5ccccc5c4cc32)cc1. The summed E-state index contributed by atoms with van der Waals surface area (Å²) >= 11 is 0. The van der Waals surface area contributed by atoms with Crippen LogP contribution in [0.5, 0.6) is 0 Å². The molecular weight excluding hydrogens is 603 g/mol. The second-order valence-corrected chi connectivity index (χ2v) is 13.6. The molecule has 1 spiro atoms. The first-order chi connectivity index (χ1) is 24.8. The molecule has 2 aliphatic rings. The van der Waals surface area contributed by atoms with Crippen molar-refractivity contribution < 1.29 is 0 Å². The highest BCUT2D eigenvalue weighted by atomic mass is 15.1. The van der Waals surface area contributed by atoms with Crippen molar-refractivity contribution in [3.05, 3.63) is 210 Å². The van der Waals surface area contributed by atoms with E-state index in [4.69, 9.17) is 0 Å². The second-order valence-electron chi connectivity index (χ2n) is 13.6. The quantitative estimate of drug-likeness (QED) is 0.175. The average Bonchev–Trinajstić information content (AvgIpc) is 3.65. The summed E-state index contributed by atoms with van der Waals surface area (Å²) in [6.07, 6.45) is 0. The van der Waals surface area contributed by atoms with E-state index in [2.05, 4.69) is 193 Å². The van der Waals surface area contributed by atoms with Gasteiger partial charge in [-0.15, -0.1) is 0 Å². The summed E-state index contributed by atoms with van der Waals surface area (Å²) in [5, 5.41) is 7.83.